The van der Waals surface area contributed by atoms with Crippen molar-refractivity contribution in [3.8, 4) is 0 Å². The first kappa shape index (κ1) is 9.97. The van der Waals surface area contributed by atoms with Gasteiger partial charge in [0, 0.05) is 18.8 Å². The molecule has 1 saturated heterocycles. The summed E-state index contributed by atoms with van der Waals surface area (Å²) in [6, 6.07) is 3.46. The fraction of sp³-hybridized carbons (Fsp3) is 0.455. The lowest BCUT2D eigenvalue weighted by Crippen LogP contribution is -2.45. The Bertz CT molecular complexity index is 359. The van der Waals surface area contributed by atoms with E-state index >= 15 is 0 Å². The van der Waals surface area contributed by atoms with E-state index in [1.54, 1.807) is 6.07 Å². The van der Waals surface area contributed by atoms with Crippen LogP contribution in [0.2, 0.25) is 0 Å². The molecule has 1 fully saturated rings. The maximum Gasteiger partial charge on any atom is 0.137 e. The van der Waals surface area contributed by atoms with Crippen LogP contribution in [-0.2, 0) is 0 Å². The number of nitrogens with zero attached hydrogens (tertiary/aromatic N) is 1. The monoisotopic (exact) mass is 257 g/mol. The van der Waals surface area contributed by atoms with E-state index in [0.717, 1.165) is 30.3 Å². The van der Waals surface area contributed by atoms with Crippen LogP contribution in [0.3, 0.4) is 0 Å². The van der Waals surface area contributed by atoms with E-state index in [0.29, 0.717) is 4.47 Å². The van der Waals surface area contributed by atoms with Crippen molar-refractivity contribution in [2.24, 2.45) is 5.92 Å². The van der Waals surface area contributed by atoms with Crippen LogP contribution in [-0.4, -0.2) is 13.1 Å². The third kappa shape index (κ3) is 1.65. The molecular weight excluding hydrogens is 245 g/mol. The fourth-order valence-electron chi connectivity index (χ4n) is 1.87. The maximum atomic E-state index is 13.2. The zero-order valence-corrected chi connectivity index (χ0v) is 9.94. The van der Waals surface area contributed by atoms with Crippen molar-refractivity contribution < 1.29 is 4.39 Å². The van der Waals surface area contributed by atoms with Crippen molar-refractivity contribution in [1.82, 2.24) is 0 Å². The van der Waals surface area contributed by atoms with Crippen LogP contribution < -0.4 is 4.90 Å². The van der Waals surface area contributed by atoms with Crippen LogP contribution in [0.5, 0.6) is 0 Å². The third-order valence-corrected chi connectivity index (χ3v) is 3.25. The molecule has 3 heteroatoms. The SMILES string of the molecule is Cc1cc(F)c(Br)cc1N1CC(C)C1. The quantitative estimate of drug-likeness (QED) is 0.746. The molecular formula is C11H13BrFN. The minimum Gasteiger partial charge on any atom is -0.371 e. The lowest BCUT2D eigenvalue weighted by atomic mass is 10.0. The van der Waals surface area contributed by atoms with E-state index < -0.39 is 0 Å². The number of hydrogen-bond acceptors (Lipinski definition) is 1. The van der Waals surface area contributed by atoms with Crippen molar-refractivity contribution >= 4 is 21.6 Å². The Labute approximate surface area is 92.0 Å². The first-order valence-electron chi connectivity index (χ1n) is 4.78. The van der Waals surface area contributed by atoms with Crippen LogP contribution in [0.15, 0.2) is 16.6 Å². The van der Waals surface area contributed by atoms with E-state index in [1.165, 1.54) is 0 Å². The number of halogens is 2. The lowest BCUT2D eigenvalue weighted by Gasteiger charge is -2.40. The molecule has 0 aromatic heterocycles. The van der Waals surface area contributed by atoms with Gasteiger partial charge < -0.3 is 4.90 Å². The molecule has 0 amide bonds. The molecule has 0 spiro atoms. The van der Waals surface area contributed by atoms with Gasteiger partial charge in [-0.2, -0.15) is 0 Å². The van der Waals surface area contributed by atoms with Crippen LogP contribution >= 0.6 is 15.9 Å². The van der Waals surface area contributed by atoms with Gasteiger partial charge in [-0.25, -0.2) is 4.39 Å². The lowest BCUT2D eigenvalue weighted by molar-refractivity contribution is 0.446. The predicted molar refractivity (Wildman–Crippen MR) is 60.2 cm³/mol. The smallest absolute Gasteiger partial charge is 0.137 e. The number of aryl methyl sites for hydroxylation is 1. The minimum absolute atomic E-state index is 0.181. The summed E-state index contributed by atoms with van der Waals surface area (Å²) in [7, 11) is 0. The molecule has 1 heterocycles. The number of hydrogen-bond donors (Lipinski definition) is 0. The average Bonchev–Trinajstić information content (AvgIpc) is 2.07. The van der Waals surface area contributed by atoms with Gasteiger partial charge in [-0.3, -0.25) is 0 Å². The highest BCUT2D eigenvalue weighted by Gasteiger charge is 2.24. The molecule has 0 unspecified atom stereocenters. The van der Waals surface area contributed by atoms with E-state index in [4.69, 9.17) is 0 Å². The van der Waals surface area contributed by atoms with Crippen LogP contribution in [0.1, 0.15) is 12.5 Å². The summed E-state index contributed by atoms with van der Waals surface area (Å²) >= 11 is 3.22. The van der Waals surface area contributed by atoms with Gasteiger partial charge in [-0.05, 0) is 46.5 Å². The second kappa shape index (κ2) is 3.54. The first-order valence-corrected chi connectivity index (χ1v) is 5.58. The van der Waals surface area contributed by atoms with E-state index in [1.807, 2.05) is 13.0 Å². The Morgan fingerprint density at radius 3 is 2.64 bits per heavy atom. The highest BCUT2D eigenvalue weighted by atomic mass is 79.9. The standard InChI is InChI=1S/C11H13BrFN/c1-7-5-14(6-7)11-4-9(12)10(13)3-8(11)2/h3-4,7H,5-6H2,1-2H3. The van der Waals surface area contributed by atoms with Crippen LogP contribution in [0.25, 0.3) is 0 Å². The summed E-state index contributed by atoms with van der Waals surface area (Å²) in [5.74, 6) is 0.582. The van der Waals surface area contributed by atoms with E-state index in [9.17, 15) is 4.39 Å². The molecule has 2 rings (SSSR count). The van der Waals surface area contributed by atoms with Gasteiger partial charge in [0.2, 0.25) is 0 Å². The molecule has 1 aromatic rings. The molecule has 0 bridgehead atoms. The Kier molecular flexibility index (Phi) is 2.52. The predicted octanol–water partition coefficient (Wildman–Crippen LogP) is 3.35. The van der Waals surface area contributed by atoms with Crippen LogP contribution in [0, 0.1) is 18.7 Å². The molecule has 76 valence electrons. The normalized spacial score (nSPS) is 17.0. The summed E-state index contributed by atoms with van der Waals surface area (Å²) in [4.78, 5) is 2.28. The molecule has 14 heavy (non-hydrogen) atoms. The highest BCUT2D eigenvalue weighted by Crippen LogP contribution is 2.31. The Morgan fingerprint density at radius 2 is 2.07 bits per heavy atom. The molecule has 0 atom stereocenters. The second-order valence-corrected chi connectivity index (χ2v) is 4.92. The van der Waals surface area contributed by atoms with Crippen molar-refractivity contribution in [2.45, 2.75) is 13.8 Å². The van der Waals surface area contributed by atoms with Gasteiger partial charge in [0.05, 0.1) is 4.47 Å². The summed E-state index contributed by atoms with van der Waals surface area (Å²) in [5.41, 5.74) is 2.16. The Hall–Kier alpha value is -0.570. The largest absolute Gasteiger partial charge is 0.371 e. The topological polar surface area (TPSA) is 3.24 Å². The molecule has 1 aliphatic heterocycles. The van der Waals surface area contributed by atoms with E-state index in [-0.39, 0.29) is 5.82 Å². The van der Waals surface area contributed by atoms with Gasteiger partial charge in [0.15, 0.2) is 0 Å². The molecule has 0 N–H and O–H groups in total. The first-order chi connectivity index (χ1) is 6.58. The number of rotatable bonds is 1. The molecule has 1 nitrogen and oxygen atoms in total. The molecule has 0 radical (unpaired) electrons. The summed E-state index contributed by atoms with van der Waals surface area (Å²) in [5, 5.41) is 0. The van der Waals surface area contributed by atoms with E-state index in [2.05, 4.69) is 27.8 Å². The average molecular weight is 258 g/mol. The fourth-order valence-corrected chi connectivity index (χ4v) is 2.20. The van der Waals surface area contributed by atoms with Crippen LogP contribution in [0.4, 0.5) is 10.1 Å². The zero-order chi connectivity index (χ0) is 10.3. The molecule has 1 aromatic carbocycles. The number of benzene rings is 1. The molecule has 0 saturated carbocycles. The van der Waals surface area contributed by atoms with Crippen molar-refractivity contribution in [2.75, 3.05) is 18.0 Å². The van der Waals surface area contributed by atoms with Crippen molar-refractivity contribution in [3.05, 3.63) is 28.0 Å². The summed E-state index contributed by atoms with van der Waals surface area (Å²) in [6.07, 6.45) is 0. The molecule has 1 aliphatic rings. The Morgan fingerprint density at radius 1 is 1.43 bits per heavy atom. The Balaban J connectivity index is 2.30. The van der Waals surface area contributed by atoms with Crippen molar-refractivity contribution in [3.63, 3.8) is 0 Å². The third-order valence-electron chi connectivity index (χ3n) is 2.64. The highest BCUT2D eigenvalue weighted by molar-refractivity contribution is 9.10. The van der Waals surface area contributed by atoms with Crippen molar-refractivity contribution in [1.29, 1.82) is 0 Å². The maximum absolute atomic E-state index is 13.2. The minimum atomic E-state index is -0.181. The molecule has 0 aliphatic carbocycles. The van der Waals surface area contributed by atoms with Gasteiger partial charge >= 0.3 is 0 Å². The number of anilines is 1. The van der Waals surface area contributed by atoms with Gasteiger partial charge in [-0.15, -0.1) is 0 Å². The zero-order valence-electron chi connectivity index (χ0n) is 8.35. The van der Waals surface area contributed by atoms with Gasteiger partial charge in [0.25, 0.3) is 0 Å². The summed E-state index contributed by atoms with van der Waals surface area (Å²) in [6.45, 7) is 6.34. The second-order valence-electron chi connectivity index (χ2n) is 4.06. The van der Waals surface area contributed by atoms with Gasteiger partial charge in [0.1, 0.15) is 5.82 Å². The summed E-state index contributed by atoms with van der Waals surface area (Å²) < 4.78 is 13.7. The van der Waals surface area contributed by atoms with Gasteiger partial charge in [-0.1, -0.05) is 6.92 Å².